The van der Waals surface area contributed by atoms with E-state index in [1.54, 1.807) is 7.11 Å². The standard InChI is InChI=1S/C12H25N3O2.HI/c1-16-10-11-17-9-6-14-12(13)15-7-4-2-3-5-8-15;/h2-11H2,1H3,(H2,13,14);1H. The van der Waals surface area contributed by atoms with Crippen LogP contribution in [0.1, 0.15) is 25.7 Å². The molecule has 0 aromatic heterocycles. The van der Waals surface area contributed by atoms with Gasteiger partial charge in [0, 0.05) is 20.2 Å². The van der Waals surface area contributed by atoms with E-state index in [9.17, 15) is 0 Å². The summed E-state index contributed by atoms with van der Waals surface area (Å²) in [6, 6.07) is 0. The summed E-state index contributed by atoms with van der Waals surface area (Å²) in [4.78, 5) is 6.52. The van der Waals surface area contributed by atoms with Crippen molar-refractivity contribution in [1.82, 2.24) is 4.90 Å². The Morgan fingerprint density at radius 1 is 1.11 bits per heavy atom. The highest BCUT2D eigenvalue weighted by Gasteiger charge is 2.10. The molecule has 1 rings (SSSR count). The normalized spacial score (nSPS) is 17.2. The number of guanidine groups is 1. The third-order valence-electron chi connectivity index (χ3n) is 2.87. The Hall–Kier alpha value is -0.0800. The number of halogens is 1. The van der Waals surface area contributed by atoms with Gasteiger partial charge in [-0.3, -0.25) is 4.99 Å². The number of ether oxygens (including phenoxy) is 2. The van der Waals surface area contributed by atoms with Gasteiger partial charge < -0.3 is 20.1 Å². The first-order chi connectivity index (χ1) is 8.34. The van der Waals surface area contributed by atoms with Gasteiger partial charge in [-0.15, -0.1) is 24.0 Å². The van der Waals surface area contributed by atoms with E-state index in [0.29, 0.717) is 32.3 Å². The maximum Gasteiger partial charge on any atom is 0.191 e. The molecule has 0 bridgehead atoms. The van der Waals surface area contributed by atoms with Crippen LogP contribution in [0, 0.1) is 0 Å². The average Bonchev–Trinajstić information content (AvgIpc) is 2.62. The number of nitrogens with two attached hydrogens (primary N) is 1. The predicted molar refractivity (Wildman–Crippen MR) is 84.6 cm³/mol. The highest BCUT2D eigenvalue weighted by atomic mass is 127. The molecule has 0 aromatic rings. The van der Waals surface area contributed by atoms with Crippen molar-refractivity contribution < 1.29 is 9.47 Å². The second kappa shape index (κ2) is 12.0. The Bertz CT molecular complexity index is 219. The Labute approximate surface area is 127 Å². The van der Waals surface area contributed by atoms with Crippen LogP contribution < -0.4 is 5.73 Å². The number of methoxy groups -OCH3 is 1. The first kappa shape index (κ1) is 17.9. The van der Waals surface area contributed by atoms with Gasteiger partial charge in [-0.05, 0) is 12.8 Å². The number of nitrogens with zero attached hydrogens (tertiary/aromatic N) is 2. The van der Waals surface area contributed by atoms with Gasteiger partial charge in [0.15, 0.2) is 5.96 Å². The minimum atomic E-state index is 0. The third-order valence-corrected chi connectivity index (χ3v) is 2.87. The van der Waals surface area contributed by atoms with E-state index in [1.165, 1.54) is 25.7 Å². The molecule has 1 heterocycles. The van der Waals surface area contributed by atoms with Gasteiger partial charge in [0.2, 0.25) is 0 Å². The molecule has 1 fully saturated rings. The summed E-state index contributed by atoms with van der Waals surface area (Å²) in [5, 5.41) is 0. The maximum absolute atomic E-state index is 5.95. The minimum Gasteiger partial charge on any atom is -0.382 e. The fourth-order valence-corrected chi connectivity index (χ4v) is 1.87. The summed E-state index contributed by atoms with van der Waals surface area (Å²) in [6.07, 6.45) is 5.06. The van der Waals surface area contributed by atoms with E-state index in [2.05, 4.69) is 9.89 Å². The predicted octanol–water partition coefficient (Wildman–Crippen LogP) is 1.46. The van der Waals surface area contributed by atoms with E-state index in [4.69, 9.17) is 15.2 Å². The summed E-state index contributed by atoms with van der Waals surface area (Å²) < 4.78 is 10.2. The van der Waals surface area contributed by atoms with Crippen LogP contribution in [0.5, 0.6) is 0 Å². The third kappa shape index (κ3) is 8.10. The molecule has 6 heteroatoms. The molecule has 0 saturated carbocycles. The summed E-state index contributed by atoms with van der Waals surface area (Å²) in [7, 11) is 1.67. The first-order valence-corrected chi connectivity index (χ1v) is 6.46. The molecular weight excluding hydrogens is 345 g/mol. The van der Waals surface area contributed by atoms with E-state index in [1.807, 2.05) is 0 Å². The van der Waals surface area contributed by atoms with Crippen molar-refractivity contribution in [2.45, 2.75) is 25.7 Å². The highest BCUT2D eigenvalue weighted by molar-refractivity contribution is 14.0. The molecular formula is C12H26IN3O2. The van der Waals surface area contributed by atoms with Crippen LogP contribution in [0.25, 0.3) is 0 Å². The van der Waals surface area contributed by atoms with Crippen LogP contribution in [0.15, 0.2) is 4.99 Å². The van der Waals surface area contributed by atoms with Crippen LogP contribution >= 0.6 is 24.0 Å². The molecule has 1 aliphatic rings. The summed E-state index contributed by atoms with van der Waals surface area (Å²) in [5.74, 6) is 0.669. The van der Waals surface area contributed by atoms with Gasteiger partial charge in [-0.2, -0.15) is 0 Å². The molecule has 0 radical (unpaired) electrons. The number of aliphatic imine (C=N–C) groups is 1. The van der Waals surface area contributed by atoms with Gasteiger partial charge >= 0.3 is 0 Å². The number of likely N-dealkylation sites (tertiary alicyclic amines) is 1. The molecule has 18 heavy (non-hydrogen) atoms. The van der Waals surface area contributed by atoms with Gasteiger partial charge in [-0.1, -0.05) is 12.8 Å². The fraction of sp³-hybridized carbons (Fsp3) is 0.917. The zero-order valence-corrected chi connectivity index (χ0v) is 13.6. The van der Waals surface area contributed by atoms with Crippen LogP contribution in [0.2, 0.25) is 0 Å². The lowest BCUT2D eigenvalue weighted by atomic mass is 10.2. The van der Waals surface area contributed by atoms with Crippen molar-refractivity contribution in [1.29, 1.82) is 0 Å². The van der Waals surface area contributed by atoms with E-state index < -0.39 is 0 Å². The smallest absolute Gasteiger partial charge is 0.191 e. The molecule has 0 spiro atoms. The molecule has 108 valence electrons. The molecule has 0 atom stereocenters. The summed E-state index contributed by atoms with van der Waals surface area (Å²) in [6.45, 7) is 4.57. The topological polar surface area (TPSA) is 60.1 Å². The van der Waals surface area contributed by atoms with E-state index in [-0.39, 0.29) is 24.0 Å². The van der Waals surface area contributed by atoms with Gasteiger partial charge in [0.1, 0.15) is 0 Å². The minimum absolute atomic E-state index is 0. The Kier molecular flexibility index (Phi) is 11.9. The molecule has 5 nitrogen and oxygen atoms in total. The molecule has 0 aliphatic carbocycles. The zero-order valence-electron chi connectivity index (χ0n) is 11.3. The molecule has 1 aliphatic heterocycles. The summed E-state index contributed by atoms with van der Waals surface area (Å²) in [5.41, 5.74) is 5.95. The van der Waals surface area contributed by atoms with Crippen molar-refractivity contribution in [3.05, 3.63) is 0 Å². The average molecular weight is 371 g/mol. The van der Waals surface area contributed by atoms with Crippen molar-refractivity contribution in [3.8, 4) is 0 Å². The monoisotopic (exact) mass is 371 g/mol. The second-order valence-electron chi connectivity index (χ2n) is 4.25. The van der Waals surface area contributed by atoms with Crippen LogP contribution in [-0.4, -0.2) is 57.4 Å². The van der Waals surface area contributed by atoms with Crippen LogP contribution in [-0.2, 0) is 9.47 Å². The molecule has 0 amide bonds. The zero-order chi connectivity index (χ0) is 12.3. The van der Waals surface area contributed by atoms with E-state index in [0.717, 1.165) is 13.1 Å². The van der Waals surface area contributed by atoms with Gasteiger partial charge in [0.25, 0.3) is 0 Å². The largest absolute Gasteiger partial charge is 0.382 e. The molecule has 0 unspecified atom stereocenters. The number of hydrogen-bond acceptors (Lipinski definition) is 3. The van der Waals surface area contributed by atoms with Crippen molar-refractivity contribution in [2.75, 3.05) is 46.6 Å². The first-order valence-electron chi connectivity index (χ1n) is 6.46. The quantitative estimate of drug-likeness (QED) is 0.332. The van der Waals surface area contributed by atoms with Crippen molar-refractivity contribution in [2.24, 2.45) is 10.7 Å². The lowest BCUT2D eigenvalue weighted by Crippen LogP contribution is -2.38. The van der Waals surface area contributed by atoms with Gasteiger partial charge in [0.05, 0.1) is 26.4 Å². The Morgan fingerprint density at radius 2 is 1.78 bits per heavy atom. The van der Waals surface area contributed by atoms with Gasteiger partial charge in [-0.25, -0.2) is 0 Å². The molecule has 2 N–H and O–H groups in total. The Balaban J connectivity index is 0.00000289. The van der Waals surface area contributed by atoms with Crippen molar-refractivity contribution >= 4 is 29.9 Å². The van der Waals surface area contributed by atoms with Crippen LogP contribution in [0.4, 0.5) is 0 Å². The molecule has 0 aromatic carbocycles. The second-order valence-corrected chi connectivity index (χ2v) is 4.25. The Morgan fingerprint density at radius 3 is 2.39 bits per heavy atom. The summed E-state index contributed by atoms with van der Waals surface area (Å²) >= 11 is 0. The van der Waals surface area contributed by atoms with Crippen molar-refractivity contribution in [3.63, 3.8) is 0 Å². The molecule has 1 saturated heterocycles. The lowest BCUT2D eigenvalue weighted by molar-refractivity contribution is 0.0747. The van der Waals surface area contributed by atoms with Crippen LogP contribution in [0.3, 0.4) is 0 Å². The number of rotatable bonds is 6. The highest BCUT2D eigenvalue weighted by Crippen LogP contribution is 2.08. The number of hydrogen-bond donors (Lipinski definition) is 1. The fourth-order valence-electron chi connectivity index (χ4n) is 1.87. The SMILES string of the molecule is COCCOCCN=C(N)N1CCCCCC1.I. The van der Waals surface area contributed by atoms with E-state index >= 15 is 0 Å². The lowest BCUT2D eigenvalue weighted by Gasteiger charge is -2.21. The maximum atomic E-state index is 5.95.